The lowest BCUT2D eigenvalue weighted by Gasteiger charge is -2.38. The molecule has 116 valence electrons. The van der Waals surface area contributed by atoms with Gasteiger partial charge in [-0.1, -0.05) is 39.0 Å². The quantitative estimate of drug-likeness (QED) is 0.593. The van der Waals surface area contributed by atoms with Gasteiger partial charge in [0.2, 0.25) is 0 Å². The molecule has 1 aromatic rings. The Balaban J connectivity index is 2.44. The van der Waals surface area contributed by atoms with E-state index < -0.39 is 0 Å². The highest BCUT2D eigenvalue weighted by atomic mass is 79.9. The summed E-state index contributed by atoms with van der Waals surface area (Å²) in [5.41, 5.74) is 6.17. The Morgan fingerprint density at radius 1 is 1.30 bits per heavy atom. The average molecular weight is 361 g/mol. The standard InChI is InChI=1S/C16H29BrN2S/c1-4-5-6-7-8-9-16(2,13-18)19(3)11-15-10-14(17)12-20-15/h10,12H,4-9,11,13,18H2,1-3H3. The van der Waals surface area contributed by atoms with Crippen molar-refractivity contribution in [2.45, 2.75) is 64.5 Å². The van der Waals surface area contributed by atoms with Crippen LogP contribution in [0.3, 0.4) is 0 Å². The first kappa shape index (κ1) is 18.1. The number of rotatable bonds is 10. The number of hydrogen-bond donors (Lipinski definition) is 1. The van der Waals surface area contributed by atoms with E-state index in [9.17, 15) is 0 Å². The lowest BCUT2D eigenvalue weighted by atomic mass is 9.92. The zero-order valence-corrected chi connectivity index (χ0v) is 15.5. The molecule has 0 aliphatic carbocycles. The van der Waals surface area contributed by atoms with Crippen LogP contribution in [0.25, 0.3) is 0 Å². The summed E-state index contributed by atoms with van der Waals surface area (Å²) in [5, 5.41) is 2.15. The van der Waals surface area contributed by atoms with Crippen LogP contribution in [0, 0.1) is 0 Å². The van der Waals surface area contributed by atoms with Gasteiger partial charge in [0.15, 0.2) is 0 Å². The Labute approximate surface area is 136 Å². The van der Waals surface area contributed by atoms with E-state index in [4.69, 9.17) is 5.73 Å². The molecule has 1 aromatic heterocycles. The molecule has 0 bridgehead atoms. The maximum Gasteiger partial charge on any atom is 0.0331 e. The molecule has 0 spiro atoms. The number of halogens is 1. The molecule has 1 rings (SSSR count). The number of thiophene rings is 1. The van der Waals surface area contributed by atoms with E-state index in [0.29, 0.717) is 0 Å². The first-order chi connectivity index (χ1) is 9.51. The fourth-order valence-corrected chi connectivity index (χ4v) is 3.92. The number of unbranched alkanes of at least 4 members (excludes halogenated alkanes) is 4. The maximum atomic E-state index is 6.06. The van der Waals surface area contributed by atoms with Gasteiger partial charge in [-0.05, 0) is 42.4 Å². The first-order valence-corrected chi connectivity index (χ1v) is 9.33. The van der Waals surface area contributed by atoms with Crippen molar-refractivity contribution in [3.8, 4) is 0 Å². The number of likely N-dealkylation sites (N-methyl/N-ethyl adjacent to an activating group) is 1. The second kappa shape index (κ2) is 9.19. The lowest BCUT2D eigenvalue weighted by molar-refractivity contribution is 0.124. The highest BCUT2D eigenvalue weighted by Gasteiger charge is 2.27. The summed E-state index contributed by atoms with van der Waals surface area (Å²) in [5.74, 6) is 0. The fourth-order valence-electron chi connectivity index (χ4n) is 2.42. The Bertz CT molecular complexity index is 380. The minimum absolute atomic E-state index is 0.114. The van der Waals surface area contributed by atoms with Gasteiger partial charge in [0.05, 0.1) is 0 Å². The van der Waals surface area contributed by atoms with E-state index in [-0.39, 0.29) is 5.54 Å². The molecule has 20 heavy (non-hydrogen) atoms. The molecule has 4 heteroatoms. The predicted octanol–water partition coefficient (Wildman–Crippen LogP) is 5.02. The summed E-state index contributed by atoms with van der Waals surface area (Å²) in [6.45, 7) is 6.27. The van der Waals surface area contributed by atoms with Gasteiger partial charge in [-0.3, -0.25) is 4.90 Å². The van der Waals surface area contributed by atoms with Crippen LogP contribution in [0.15, 0.2) is 15.9 Å². The number of hydrogen-bond acceptors (Lipinski definition) is 3. The minimum Gasteiger partial charge on any atom is -0.329 e. The molecule has 2 N–H and O–H groups in total. The van der Waals surface area contributed by atoms with Gasteiger partial charge in [0.25, 0.3) is 0 Å². The van der Waals surface area contributed by atoms with Crippen molar-refractivity contribution in [2.75, 3.05) is 13.6 Å². The molecule has 0 radical (unpaired) electrons. The van der Waals surface area contributed by atoms with E-state index in [1.54, 1.807) is 0 Å². The van der Waals surface area contributed by atoms with Crippen molar-refractivity contribution in [2.24, 2.45) is 5.73 Å². The fraction of sp³-hybridized carbons (Fsp3) is 0.750. The molecule has 0 aliphatic heterocycles. The van der Waals surface area contributed by atoms with E-state index in [0.717, 1.165) is 13.1 Å². The van der Waals surface area contributed by atoms with E-state index in [1.165, 1.54) is 47.9 Å². The molecule has 2 nitrogen and oxygen atoms in total. The van der Waals surface area contributed by atoms with Crippen LogP contribution in [0.4, 0.5) is 0 Å². The highest BCUT2D eigenvalue weighted by Crippen LogP contribution is 2.26. The normalized spacial score (nSPS) is 14.7. The third-order valence-corrected chi connectivity index (χ3v) is 5.88. The third kappa shape index (κ3) is 5.84. The first-order valence-electron chi connectivity index (χ1n) is 7.66. The summed E-state index contributed by atoms with van der Waals surface area (Å²) in [7, 11) is 2.20. The molecular weight excluding hydrogens is 332 g/mol. The van der Waals surface area contributed by atoms with Gasteiger partial charge < -0.3 is 5.73 Å². The molecule has 0 aliphatic rings. The minimum atomic E-state index is 0.114. The van der Waals surface area contributed by atoms with Gasteiger partial charge in [-0.2, -0.15) is 0 Å². The van der Waals surface area contributed by atoms with Crippen LogP contribution < -0.4 is 5.73 Å². The number of nitrogens with two attached hydrogens (primary N) is 1. The van der Waals surface area contributed by atoms with Crippen molar-refractivity contribution in [1.82, 2.24) is 4.90 Å². The SMILES string of the molecule is CCCCCCCC(C)(CN)N(C)Cc1cc(Br)cs1. The summed E-state index contributed by atoms with van der Waals surface area (Å²) in [6, 6.07) is 2.21. The van der Waals surface area contributed by atoms with Crippen LogP contribution in [-0.4, -0.2) is 24.0 Å². The Kier molecular flexibility index (Phi) is 8.34. The zero-order chi connectivity index (χ0) is 15.0. The second-order valence-electron chi connectivity index (χ2n) is 5.95. The molecule has 0 aromatic carbocycles. The zero-order valence-electron chi connectivity index (χ0n) is 13.1. The van der Waals surface area contributed by atoms with Crippen LogP contribution in [-0.2, 0) is 6.54 Å². The van der Waals surface area contributed by atoms with Crippen molar-refractivity contribution < 1.29 is 0 Å². The summed E-state index contributed by atoms with van der Waals surface area (Å²) in [6.07, 6.45) is 7.84. The van der Waals surface area contributed by atoms with E-state index in [2.05, 4.69) is 53.2 Å². The molecule has 0 saturated carbocycles. The molecule has 1 heterocycles. The lowest BCUT2D eigenvalue weighted by Crippen LogP contribution is -2.49. The Hall–Kier alpha value is 0.1000. The Morgan fingerprint density at radius 3 is 2.55 bits per heavy atom. The van der Waals surface area contributed by atoms with Crippen molar-refractivity contribution in [1.29, 1.82) is 0 Å². The molecule has 0 fully saturated rings. The molecule has 0 amide bonds. The van der Waals surface area contributed by atoms with Crippen LogP contribution in [0.1, 0.15) is 57.2 Å². The summed E-state index contributed by atoms with van der Waals surface area (Å²) < 4.78 is 1.18. The smallest absolute Gasteiger partial charge is 0.0331 e. The number of nitrogens with zero attached hydrogens (tertiary/aromatic N) is 1. The molecular formula is C16H29BrN2S. The van der Waals surface area contributed by atoms with Gasteiger partial charge >= 0.3 is 0 Å². The maximum absolute atomic E-state index is 6.06. The topological polar surface area (TPSA) is 29.3 Å². The van der Waals surface area contributed by atoms with E-state index in [1.807, 2.05) is 11.3 Å². The average Bonchev–Trinajstić information content (AvgIpc) is 2.83. The molecule has 0 saturated heterocycles. The molecule has 1 atom stereocenters. The summed E-state index contributed by atoms with van der Waals surface area (Å²) >= 11 is 5.33. The second-order valence-corrected chi connectivity index (χ2v) is 7.86. The van der Waals surface area contributed by atoms with Gasteiger partial charge in [0.1, 0.15) is 0 Å². The van der Waals surface area contributed by atoms with Crippen LogP contribution in [0.2, 0.25) is 0 Å². The predicted molar refractivity (Wildman–Crippen MR) is 94.3 cm³/mol. The van der Waals surface area contributed by atoms with E-state index >= 15 is 0 Å². The van der Waals surface area contributed by atoms with Crippen LogP contribution in [0.5, 0.6) is 0 Å². The third-order valence-electron chi connectivity index (χ3n) is 4.19. The van der Waals surface area contributed by atoms with Crippen LogP contribution >= 0.6 is 27.3 Å². The highest BCUT2D eigenvalue weighted by molar-refractivity contribution is 9.10. The Morgan fingerprint density at radius 2 is 2.00 bits per heavy atom. The monoisotopic (exact) mass is 360 g/mol. The largest absolute Gasteiger partial charge is 0.329 e. The molecule has 1 unspecified atom stereocenters. The van der Waals surface area contributed by atoms with Gasteiger partial charge in [0, 0.05) is 33.4 Å². The van der Waals surface area contributed by atoms with Gasteiger partial charge in [-0.25, -0.2) is 0 Å². The van der Waals surface area contributed by atoms with Crippen molar-refractivity contribution >= 4 is 27.3 Å². The summed E-state index contributed by atoms with van der Waals surface area (Å²) in [4.78, 5) is 3.82. The van der Waals surface area contributed by atoms with Crippen molar-refractivity contribution in [3.63, 3.8) is 0 Å². The van der Waals surface area contributed by atoms with Crippen molar-refractivity contribution in [3.05, 3.63) is 20.8 Å². The van der Waals surface area contributed by atoms with Gasteiger partial charge in [-0.15, -0.1) is 11.3 Å².